The second-order valence-corrected chi connectivity index (χ2v) is 6.29. The van der Waals surface area contributed by atoms with E-state index in [1.807, 2.05) is 11.0 Å². The van der Waals surface area contributed by atoms with E-state index in [1.54, 1.807) is 16.8 Å². The maximum absolute atomic E-state index is 12.3. The van der Waals surface area contributed by atoms with Crippen LogP contribution in [0.1, 0.15) is 26.2 Å². The number of pyridine rings is 1. The number of nitrogens with zero attached hydrogens (tertiary/aromatic N) is 2. The van der Waals surface area contributed by atoms with E-state index in [-0.39, 0.29) is 11.5 Å². The van der Waals surface area contributed by atoms with Crippen molar-refractivity contribution in [3.63, 3.8) is 0 Å². The van der Waals surface area contributed by atoms with Crippen molar-refractivity contribution >= 4 is 5.91 Å². The minimum Gasteiger partial charge on any atom is -0.342 e. The first-order chi connectivity index (χ1) is 10.1. The van der Waals surface area contributed by atoms with Gasteiger partial charge in [0.1, 0.15) is 0 Å². The molecule has 3 rings (SSSR count). The smallest absolute Gasteiger partial charge is 0.250 e. The molecular weight excluding hydrogens is 264 g/mol. The predicted octanol–water partition coefficient (Wildman–Crippen LogP) is 2.05. The molecule has 0 unspecified atom stereocenters. The average Bonchev–Trinajstić information content (AvgIpc) is 2.89. The zero-order valence-electron chi connectivity index (χ0n) is 12.5. The molecule has 1 saturated heterocycles. The molecule has 2 heterocycles. The molecular formula is C17H22N2O2. The van der Waals surface area contributed by atoms with Crippen LogP contribution in [0.5, 0.6) is 0 Å². The molecule has 1 fully saturated rings. The van der Waals surface area contributed by atoms with E-state index in [0.29, 0.717) is 24.8 Å². The van der Waals surface area contributed by atoms with Gasteiger partial charge in [0, 0.05) is 38.3 Å². The second-order valence-electron chi connectivity index (χ2n) is 6.29. The first kappa shape index (κ1) is 14.1. The molecule has 2 aliphatic rings. The van der Waals surface area contributed by atoms with Gasteiger partial charge in [-0.1, -0.05) is 17.7 Å². The summed E-state index contributed by atoms with van der Waals surface area (Å²) >= 11 is 0. The van der Waals surface area contributed by atoms with Crippen molar-refractivity contribution in [2.45, 2.75) is 32.7 Å². The molecule has 1 amide bonds. The third-order valence-corrected chi connectivity index (χ3v) is 4.75. The van der Waals surface area contributed by atoms with Crippen molar-refractivity contribution in [1.82, 2.24) is 9.47 Å². The van der Waals surface area contributed by atoms with Gasteiger partial charge >= 0.3 is 0 Å². The fourth-order valence-corrected chi connectivity index (χ4v) is 3.51. The quantitative estimate of drug-likeness (QED) is 0.798. The summed E-state index contributed by atoms with van der Waals surface area (Å²) in [5, 5.41) is 0. The van der Waals surface area contributed by atoms with E-state index in [2.05, 4.69) is 13.0 Å². The van der Waals surface area contributed by atoms with Crippen LogP contribution in [0.25, 0.3) is 0 Å². The van der Waals surface area contributed by atoms with Gasteiger partial charge in [-0.3, -0.25) is 9.59 Å². The van der Waals surface area contributed by atoms with Gasteiger partial charge in [-0.05, 0) is 37.7 Å². The summed E-state index contributed by atoms with van der Waals surface area (Å²) < 4.78 is 1.60. The van der Waals surface area contributed by atoms with E-state index >= 15 is 0 Å². The summed E-state index contributed by atoms with van der Waals surface area (Å²) in [6.07, 6.45) is 6.71. The number of rotatable bonds is 3. The molecule has 0 saturated carbocycles. The van der Waals surface area contributed by atoms with Crippen molar-refractivity contribution in [1.29, 1.82) is 0 Å². The highest BCUT2D eigenvalue weighted by molar-refractivity contribution is 5.76. The van der Waals surface area contributed by atoms with Crippen molar-refractivity contribution in [3.8, 4) is 0 Å². The molecule has 4 nitrogen and oxygen atoms in total. The Hall–Kier alpha value is -1.84. The van der Waals surface area contributed by atoms with Gasteiger partial charge in [0.15, 0.2) is 0 Å². The summed E-state index contributed by atoms with van der Waals surface area (Å²) in [4.78, 5) is 26.0. The third-order valence-electron chi connectivity index (χ3n) is 4.75. The van der Waals surface area contributed by atoms with Crippen molar-refractivity contribution < 1.29 is 4.79 Å². The Morgan fingerprint density at radius 2 is 2.10 bits per heavy atom. The van der Waals surface area contributed by atoms with Gasteiger partial charge in [0.05, 0.1) is 0 Å². The molecule has 0 bridgehead atoms. The number of aryl methyl sites for hydroxylation is 1. The van der Waals surface area contributed by atoms with Crippen LogP contribution in [-0.4, -0.2) is 28.5 Å². The maximum atomic E-state index is 12.3. The highest BCUT2D eigenvalue weighted by atomic mass is 16.2. The van der Waals surface area contributed by atoms with Gasteiger partial charge in [0.25, 0.3) is 5.56 Å². The monoisotopic (exact) mass is 286 g/mol. The summed E-state index contributed by atoms with van der Waals surface area (Å²) in [6.45, 7) is 4.43. The molecule has 1 aromatic rings. The van der Waals surface area contributed by atoms with E-state index in [1.165, 1.54) is 11.6 Å². The van der Waals surface area contributed by atoms with Gasteiger partial charge in [-0.2, -0.15) is 0 Å². The molecule has 0 aromatic carbocycles. The van der Waals surface area contributed by atoms with Gasteiger partial charge in [0.2, 0.25) is 5.91 Å². The lowest BCUT2D eigenvalue weighted by Gasteiger charge is -2.21. The lowest BCUT2D eigenvalue weighted by molar-refractivity contribution is -0.130. The van der Waals surface area contributed by atoms with E-state index in [4.69, 9.17) is 0 Å². The number of carbonyl (C=O) groups is 1. The molecule has 0 radical (unpaired) electrons. The van der Waals surface area contributed by atoms with E-state index in [9.17, 15) is 9.59 Å². The Labute approximate surface area is 125 Å². The molecule has 112 valence electrons. The highest BCUT2D eigenvalue weighted by Crippen LogP contribution is 2.35. The fraction of sp³-hybridized carbons (Fsp3) is 0.529. The summed E-state index contributed by atoms with van der Waals surface area (Å²) in [6, 6.07) is 5.08. The third kappa shape index (κ3) is 3.09. The standard InChI is InChI=1S/C17H22N2O2/c1-13-5-6-14-11-19(12-15(14)10-13)17(21)7-9-18-8-3-2-4-16(18)20/h2-5,8,14-15H,6-7,9-12H2,1H3/t14-,15+/m0/s1. The van der Waals surface area contributed by atoms with Crippen molar-refractivity contribution in [2.24, 2.45) is 11.8 Å². The normalized spacial score (nSPS) is 24.6. The number of carbonyl (C=O) groups excluding carboxylic acids is 1. The van der Waals surface area contributed by atoms with Gasteiger partial charge in [-0.15, -0.1) is 0 Å². The van der Waals surface area contributed by atoms with Crippen molar-refractivity contribution in [3.05, 3.63) is 46.4 Å². The SMILES string of the molecule is CC1=CC[C@H]2CN(C(=O)CCn3ccccc3=O)C[C@H]2C1. The lowest BCUT2D eigenvalue weighted by Crippen LogP contribution is -2.31. The topological polar surface area (TPSA) is 42.3 Å². The van der Waals surface area contributed by atoms with Gasteiger partial charge in [-0.25, -0.2) is 0 Å². The maximum Gasteiger partial charge on any atom is 0.250 e. The Kier molecular flexibility index (Phi) is 3.95. The van der Waals surface area contributed by atoms with E-state index in [0.717, 1.165) is 25.9 Å². The largest absolute Gasteiger partial charge is 0.342 e. The average molecular weight is 286 g/mol. The number of aromatic nitrogens is 1. The Morgan fingerprint density at radius 3 is 2.90 bits per heavy atom. The fourth-order valence-electron chi connectivity index (χ4n) is 3.51. The Balaban J connectivity index is 1.56. The zero-order chi connectivity index (χ0) is 14.8. The molecule has 21 heavy (non-hydrogen) atoms. The molecule has 2 atom stereocenters. The Bertz CT molecular complexity index is 617. The summed E-state index contributed by atoms with van der Waals surface area (Å²) in [5.74, 6) is 1.45. The number of likely N-dealkylation sites (tertiary alicyclic amines) is 1. The Morgan fingerprint density at radius 1 is 1.29 bits per heavy atom. The first-order valence-corrected chi connectivity index (χ1v) is 7.72. The number of allylic oxidation sites excluding steroid dienone is 2. The molecule has 0 spiro atoms. The van der Waals surface area contributed by atoms with E-state index < -0.39 is 0 Å². The van der Waals surface area contributed by atoms with Crippen LogP contribution in [0, 0.1) is 11.8 Å². The van der Waals surface area contributed by atoms with Crippen LogP contribution in [0.3, 0.4) is 0 Å². The molecule has 0 N–H and O–H groups in total. The minimum atomic E-state index is -0.0415. The van der Waals surface area contributed by atoms with Crippen LogP contribution in [-0.2, 0) is 11.3 Å². The molecule has 1 aliphatic carbocycles. The summed E-state index contributed by atoms with van der Waals surface area (Å²) in [7, 11) is 0. The summed E-state index contributed by atoms with van der Waals surface area (Å²) in [5.41, 5.74) is 1.42. The van der Waals surface area contributed by atoms with Crippen LogP contribution in [0.2, 0.25) is 0 Å². The molecule has 1 aliphatic heterocycles. The van der Waals surface area contributed by atoms with Crippen LogP contribution >= 0.6 is 0 Å². The number of fused-ring (bicyclic) bond motifs is 1. The number of hydrogen-bond acceptors (Lipinski definition) is 2. The zero-order valence-corrected chi connectivity index (χ0v) is 12.5. The second kappa shape index (κ2) is 5.88. The highest BCUT2D eigenvalue weighted by Gasteiger charge is 2.35. The van der Waals surface area contributed by atoms with Crippen LogP contribution < -0.4 is 5.56 Å². The van der Waals surface area contributed by atoms with Crippen LogP contribution in [0.4, 0.5) is 0 Å². The predicted molar refractivity (Wildman–Crippen MR) is 81.9 cm³/mol. The van der Waals surface area contributed by atoms with Gasteiger partial charge < -0.3 is 9.47 Å². The number of hydrogen-bond donors (Lipinski definition) is 0. The number of amides is 1. The molecule has 4 heteroatoms. The molecule has 1 aromatic heterocycles. The minimum absolute atomic E-state index is 0.0415. The lowest BCUT2D eigenvalue weighted by atomic mass is 9.83. The first-order valence-electron chi connectivity index (χ1n) is 7.72. The van der Waals surface area contributed by atoms with Crippen LogP contribution in [0.15, 0.2) is 40.8 Å². The van der Waals surface area contributed by atoms with Crippen molar-refractivity contribution in [2.75, 3.05) is 13.1 Å².